The topological polar surface area (TPSA) is 443 Å². The van der Waals surface area contributed by atoms with E-state index in [1.54, 1.807) is 128 Å². The molecule has 0 atom stereocenters. The van der Waals surface area contributed by atoms with E-state index in [-0.39, 0.29) is 46.9 Å². The van der Waals surface area contributed by atoms with Gasteiger partial charge < -0.3 is 84.4 Å². The Labute approximate surface area is 830 Å². The number of fused-ring (bicyclic) bond motifs is 1. The number of halogens is 2. The number of aryl methyl sites for hydroxylation is 7. The van der Waals surface area contributed by atoms with Gasteiger partial charge >= 0.3 is 6.29 Å². The minimum atomic E-state index is -3.70. The normalized spacial score (nSPS) is 11.2. The number of alkyl halides is 2. The lowest BCUT2D eigenvalue weighted by Gasteiger charge is -2.13. The number of hydrogen-bond donors (Lipinski definition) is 12. The minimum absolute atomic E-state index is 0.0531. The predicted octanol–water partition coefficient (Wildman–Crippen LogP) is 20.8. The molecule has 16 aromatic rings. The fraction of sp³-hybridized carbons (Fsp3) is 0.125. The van der Waals surface area contributed by atoms with Gasteiger partial charge in [-0.25, -0.2) is 39.9 Å². The van der Waals surface area contributed by atoms with Crippen molar-refractivity contribution in [2.45, 2.75) is 80.4 Å². The van der Waals surface area contributed by atoms with Crippen molar-refractivity contribution in [1.29, 1.82) is 0 Å². The number of nitrogens with two attached hydrogens (primary N) is 4. The fourth-order valence-corrected chi connectivity index (χ4v) is 15.1. The number of carbonyl (C=O) groups excluding carboxylic acids is 6. The SMILES string of the molecule is C=C(Nc1ccc(C)c(C(=O)Nc2cnc(Cc3cccc(N)c3)nc2)c1)c1ccc2c(c1)OC(F)(F)O2.C=C(Nc1ccc(C)c(C(=O)Nc2cnc(Cc3cccc(N)c3)nc2)c1)c1cccc(C)c1.COc1cc(OC)cc(C(=O)Nc2ccc(C)c(C(=O)Nc3cnc(Cc4cccc(N)c4)nc3)c2)c1.Cc1cc(C)cc(C(=O)Nc2ccc(C)c(C(=O)Nc3cnc(Cc4cccc(N)c4)nc3)c2)c1. The van der Waals surface area contributed by atoms with Crippen LogP contribution in [0, 0.1) is 48.5 Å². The van der Waals surface area contributed by atoms with Crippen LogP contribution in [0.3, 0.4) is 0 Å². The first-order chi connectivity index (χ1) is 69.1. The van der Waals surface area contributed by atoms with E-state index in [1.165, 1.54) is 26.4 Å². The van der Waals surface area contributed by atoms with Gasteiger partial charge in [-0.2, -0.15) is 0 Å². The number of carbonyl (C=O) groups is 6. The largest absolute Gasteiger partial charge is 0.586 e. The van der Waals surface area contributed by atoms with Crippen LogP contribution in [-0.4, -0.2) is 95.8 Å². The molecule has 6 amide bonds. The van der Waals surface area contributed by atoms with Crippen molar-refractivity contribution in [1.82, 2.24) is 39.9 Å². The summed E-state index contributed by atoms with van der Waals surface area (Å²) in [6, 6.07) is 74.5. The minimum Gasteiger partial charge on any atom is -0.497 e. The zero-order valence-electron chi connectivity index (χ0n) is 80.3. The molecular formula is C112H104F2N20O10. The van der Waals surface area contributed by atoms with E-state index in [0.29, 0.717) is 168 Å². The van der Waals surface area contributed by atoms with E-state index >= 15 is 0 Å². The van der Waals surface area contributed by atoms with Gasteiger partial charge in [0.05, 0.1) is 86.5 Å². The summed E-state index contributed by atoms with van der Waals surface area (Å²) in [7, 11) is 3.03. The maximum absolute atomic E-state index is 13.3. The number of hydrogen-bond acceptors (Lipinski definition) is 24. The second-order valence-electron chi connectivity index (χ2n) is 34.0. The van der Waals surface area contributed by atoms with Crippen LogP contribution in [0.5, 0.6) is 23.0 Å². The Balaban J connectivity index is 0.000000152. The number of aromatic nitrogens is 8. The summed E-state index contributed by atoms with van der Waals surface area (Å²) in [6.07, 6.45) is 11.1. The highest BCUT2D eigenvalue weighted by molar-refractivity contribution is 6.11. The Kier molecular flexibility index (Phi) is 32.6. The summed E-state index contributed by atoms with van der Waals surface area (Å²) in [5, 5.41) is 23.4. The molecule has 0 bridgehead atoms. The maximum Gasteiger partial charge on any atom is 0.586 e. The fourth-order valence-electron chi connectivity index (χ4n) is 15.1. The number of rotatable bonds is 28. The van der Waals surface area contributed by atoms with E-state index < -0.39 is 6.29 Å². The lowest BCUT2D eigenvalue weighted by atomic mass is 10.1. The molecule has 1 aliphatic rings. The Morgan fingerprint density at radius 1 is 0.292 bits per heavy atom. The second-order valence-corrected chi connectivity index (χ2v) is 34.0. The zero-order chi connectivity index (χ0) is 102. The highest BCUT2D eigenvalue weighted by Gasteiger charge is 2.43. The van der Waals surface area contributed by atoms with Crippen molar-refractivity contribution in [3.63, 3.8) is 0 Å². The maximum atomic E-state index is 13.3. The molecule has 0 spiro atoms. The van der Waals surface area contributed by atoms with Gasteiger partial charge in [0, 0.05) is 128 Å². The van der Waals surface area contributed by atoms with Crippen molar-refractivity contribution >= 4 is 115 Å². The quantitative estimate of drug-likeness (QED) is 0.0203. The van der Waals surface area contributed by atoms with E-state index in [2.05, 4.69) is 111 Å². The highest BCUT2D eigenvalue weighted by atomic mass is 19.3. The van der Waals surface area contributed by atoms with Crippen LogP contribution in [-0.2, 0) is 25.7 Å². The summed E-state index contributed by atoms with van der Waals surface area (Å²) >= 11 is 0. The van der Waals surface area contributed by atoms with E-state index in [4.69, 9.17) is 32.4 Å². The molecule has 0 radical (unpaired) electrons. The monoisotopic (exact) mass is 1930 g/mol. The average Bonchev–Trinajstić information content (AvgIpc) is 1.66. The van der Waals surface area contributed by atoms with Crippen molar-refractivity contribution < 1.29 is 56.5 Å². The Morgan fingerprint density at radius 2 is 0.576 bits per heavy atom. The third kappa shape index (κ3) is 28.4. The molecule has 726 valence electrons. The molecule has 30 nitrogen and oxygen atoms in total. The lowest BCUT2D eigenvalue weighted by molar-refractivity contribution is -0.286. The zero-order valence-corrected chi connectivity index (χ0v) is 80.3. The number of amides is 6. The van der Waals surface area contributed by atoms with Gasteiger partial charge in [-0.05, 0) is 244 Å². The first-order valence-electron chi connectivity index (χ1n) is 45.3. The van der Waals surface area contributed by atoms with Gasteiger partial charge in [0.15, 0.2) is 11.5 Å². The molecule has 0 aliphatic carbocycles. The number of nitrogens with zero attached hydrogens (tertiary/aromatic N) is 8. The van der Waals surface area contributed by atoms with E-state index in [0.717, 1.165) is 78.1 Å². The summed E-state index contributed by atoms with van der Waals surface area (Å²) in [4.78, 5) is 112. The van der Waals surface area contributed by atoms with Crippen LogP contribution in [0.2, 0.25) is 0 Å². The van der Waals surface area contributed by atoms with Gasteiger partial charge in [-0.3, -0.25) is 28.8 Å². The molecule has 17 rings (SSSR count). The molecule has 0 saturated carbocycles. The number of nitrogen functional groups attached to an aromatic ring is 4. The molecule has 16 N–H and O–H groups in total. The standard InChI is InChI=1S/C28H23F2N5O3.C28H27N5O4.C28H27N5O2.C28H27N5O/c1-16-6-8-21(34-17(2)19-7-9-24-25(12-19)38-28(29,30)37-24)13-23(16)27(36)35-22-14-32-26(33-15-22)11-18-4-3-5-20(31)10-18;1-17-7-8-21(32-27(34)19-11-23(36-2)14-24(12-19)37-3)13-25(17)28(35)33-22-15-30-26(31-16-22)10-18-5-4-6-20(29)9-18;1-17-9-18(2)11-21(10-17)27(34)32-23-8-7-19(3)25(14-23)28(35)33-24-15-30-26(31-16-24)13-20-5-4-6-22(29)12-20;1-18-6-4-8-22(12-18)20(3)32-24-11-10-19(2)26(15-24)28(34)33-25-16-30-27(31-17-25)14-21-7-5-9-23(29)13-21/h3-10,12-15,34H,2,11,31H2,1H3,(H,35,36);4-9,11-16H,10,29H2,1-3H3,(H,32,34)(H,33,35);4-12,14-16H,13,29H2,1-3H3,(H,32,34)(H,33,35);4-13,15-17,32H,3,14,29H2,1-2H3,(H,33,34). The number of nitrogens with one attached hydrogen (secondary N) is 8. The number of benzene rings is 12. The predicted molar refractivity (Wildman–Crippen MR) is 560 cm³/mol. The molecule has 0 saturated heterocycles. The van der Waals surface area contributed by atoms with E-state index in [9.17, 15) is 37.5 Å². The first-order valence-corrected chi connectivity index (χ1v) is 45.3. The molecular weight excluding hydrogens is 1820 g/mol. The van der Waals surface area contributed by atoms with Crippen LogP contribution in [0.25, 0.3) is 11.4 Å². The van der Waals surface area contributed by atoms with Crippen LogP contribution in [0.1, 0.15) is 158 Å². The Hall–Kier alpha value is -18.9. The summed E-state index contributed by atoms with van der Waals surface area (Å²) in [5.74, 6) is 1.53. The Morgan fingerprint density at radius 3 is 0.889 bits per heavy atom. The van der Waals surface area contributed by atoms with Crippen molar-refractivity contribution in [2.75, 3.05) is 79.7 Å². The van der Waals surface area contributed by atoms with Crippen LogP contribution < -0.4 is 84.4 Å². The molecule has 4 aromatic heterocycles. The van der Waals surface area contributed by atoms with Crippen molar-refractivity contribution in [2.24, 2.45) is 0 Å². The molecule has 144 heavy (non-hydrogen) atoms. The smallest absolute Gasteiger partial charge is 0.497 e. The molecule has 1 aliphatic heterocycles. The van der Waals surface area contributed by atoms with Crippen LogP contribution in [0.4, 0.5) is 77.0 Å². The summed E-state index contributed by atoms with van der Waals surface area (Å²) in [5.41, 5.74) is 46.2. The number of ether oxygens (including phenoxy) is 4. The van der Waals surface area contributed by atoms with Gasteiger partial charge in [-0.1, -0.05) is 127 Å². The number of methoxy groups -OCH3 is 2. The molecule has 0 unspecified atom stereocenters. The third-order valence-electron chi connectivity index (χ3n) is 22.4. The van der Waals surface area contributed by atoms with E-state index in [1.807, 2.05) is 200 Å². The van der Waals surface area contributed by atoms with Crippen LogP contribution >= 0.6 is 0 Å². The third-order valence-corrected chi connectivity index (χ3v) is 22.4. The average molecular weight is 1930 g/mol. The first kappa shape index (κ1) is 101. The lowest BCUT2D eigenvalue weighted by Crippen LogP contribution is -2.25. The van der Waals surface area contributed by atoms with Gasteiger partial charge in [0.25, 0.3) is 35.4 Å². The second kappa shape index (κ2) is 46.5. The molecule has 5 heterocycles. The molecule has 32 heteroatoms. The summed E-state index contributed by atoms with van der Waals surface area (Å²) < 4.78 is 46.0. The van der Waals surface area contributed by atoms with Crippen LogP contribution in [0.15, 0.2) is 311 Å². The van der Waals surface area contributed by atoms with Gasteiger partial charge in [0.2, 0.25) is 0 Å². The van der Waals surface area contributed by atoms with Crippen molar-refractivity contribution in [3.8, 4) is 23.0 Å². The van der Waals surface area contributed by atoms with Crippen molar-refractivity contribution in [3.05, 3.63) is 440 Å². The highest BCUT2D eigenvalue weighted by Crippen LogP contribution is 2.43. The summed E-state index contributed by atoms with van der Waals surface area (Å²) in [6.45, 7) is 21.4. The van der Waals surface area contributed by atoms with Gasteiger partial charge in [-0.15, -0.1) is 8.78 Å². The molecule has 12 aromatic carbocycles. The molecule has 0 fully saturated rings. The Bertz CT molecular complexity index is 7440. The van der Waals surface area contributed by atoms with Gasteiger partial charge in [0.1, 0.15) is 34.8 Å². The number of anilines is 12.